The first-order valence-electron chi connectivity index (χ1n) is 10.1. The van der Waals surface area contributed by atoms with Crippen molar-refractivity contribution in [2.24, 2.45) is 0 Å². The Morgan fingerprint density at radius 1 is 0.633 bits per heavy atom. The Labute approximate surface area is 178 Å². The molecule has 1 aromatic carbocycles. The minimum absolute atomic E-state index is 0.510. The van der Waals surface area contributed by atoms with Crippen molar-refractivity contribution in [1.29, 1.82) is 0 Å². The Kier molecular flexibility index (Phi) is 5.19. The maximum atomic E-state index is 10.9. The van der Waals surface area contributed by atoms with Crippen LogP contribution >= 0.6 is 0 Å². The van der Waals surface area contributed by atoms with Crippen LogP contribution in [0.15, 0.2) is 18.2 Å². The topological polar surface area (TPSA) is 93.9 Å². The molecular weight excluding hydrogens is 384 g/mol. The first-order chi connectivity index (χ1) is 13.5. The van der Waals surface area contributed by atoms with Gasteiger partial charge in [-0.05, 0) is 84.7 Å². The molecule has 0 spiro atoms. The molecule has 2 fully saturated rings. The Bertz CT molecular complexity index is 787. The van der Waals surface area contributed by atoms with Crippen molar-refractivity contribution in [3.8, 4) is 12.3 Å². The second-order valence-corrected chi connectivity index (χ2v) is 10.4. The fourth-order valence-electron chi connectivity index (χ4n) is 4.17. The molecule has 8 heteroatoms. The molecular formula is C22H34N4O4. The minimum Gasteiger partial charge on any atom is -0.311 e. The van der Waals surface area contributed by atoms with Gasteiger partial charge in [-0.15, -0.1) is 6.42 Å². The first-order valence-corrected chi connectivity index (χ1v) is 10.1. The zero-order valence-electron chi connectivity index (χ0n) is 19.0. The van der Waals surface area contributed by atoms with Gasteiger partial charge < -0.3 is 20.8 Å². The minimum atomic E-state index is -0.872. The Hall–Kier alpha value is -1.54. The lowest BCUT2D eigenvalue weighted by Crippen LogP contribution is -2.52. The second kappa shape index (κ2) is 6.73. The van der Waals surface area contributed by atoms with E-state index in [0.29, 0.717) is 16.7 Å². The molecule has 0 radical (unpaired) electrons. The molecule has 2 saturated heterocycles. The summed E-state index contributed by atoms with van der Waals surface area (Å²) in [7, 11) is 0. The van der Waals surface area contributed by atoms with Crippen LogP contribution in [-0.2, 0) is 0 Å². The molecule has 2 aliphatic rings. The number of nitrogens with zero attached hydrogens (tertiary/aromatic N) is 4. The van der Waals surface area contributed by atoms with Crippen LogP contribution in [0.2, 0.25) is 0 Å². The van der Waals surface area contributed by atoms with Crippen molar-refractivity contribution in [2.75, 3.05) is 0 Å². The zero-order valence-corrected chi connectivity index (χ0v) is 19.0. The fraction of sp³-hybridized carbons (Fsp3) is 0.636. The van der Waals surface area contributed by atoms with Gasteiger partial charge in [0.25, 0.3) is 0 Å². The molecule has 8 nitrogen and oxygen atoms in total. The quantitative estimate of drug-likeness (QED) is 0.542. The molecule has 0 aliphatic carbocycles. The van der Waals surface area contributed by atoms with Gasteiger partial charge in [0.15, 0.2) is 0 Å². The molecule has 1 aromatic rings. The van der Waals surface area contributed by atoms with Crippen LogP contribution < -0.4 is 0 Å². The van der Waals surface area contributed by atoms with E-state index in [1.165, 1.54) is 0 Å². The number of hydrogen-bond acceptors (Lipinski definition) is 8. The molecule has 2 heterocycles. The van der Waals surface area contributed by atoms with E-state index in [0.717, 1.165) is 20.3 Å². The van der Waals surface area contributed by atoms with Crippen LogP contribution in [0.4, 0.5) is 0 Å². The maximum absolute atomic E-state index is 10.9. The lowest BCUT2D eigenvalue weighted by molar-refractivity contribution is -0.225. The average Bonchev–Trinajstić information content (AvgIpc) is 2.85. The summed E-state index contributed by atoms with van der Waals surface area (Å²) in [6.45, 7) is 14.7. The van der Waals surface area contributed by atoms with Gasteiger partial charge >= 0.3 is 0 Å². The molecule has 3 rings (SSSR count). The standard InChI is InChI=1S/C22H34N4O4/c1-10-14-11-15(17-23(27)19(2,3)20(4,5)24(17)28)13-16(12-14)18-25(29)21(6,7)22(8,9)26(18)30/h1,11-13,17-18,27-30H,2-9H3. The van der Waals surface area contributed by atoms with E-state index in [4.69, 9.17) is 6.42 Å². The third-order valence-electron chi connectivity index (χ3n) is 7.95. The highest BCUT2D eigenvalue weighted by Gasteiger charge is 2.60. The highest BCUT2D eigenvalue weighted by atomic mass is 16.6. The number of benzene rings is 1. The molecule has 0 aromatic heterocycles. The summed E-state index contributed by atoms with van der Waals surface area (Å²) in [6, 6.07) is 5.17. The van der Waals surface area contributed by atoms with Crippen molar-refractivity contribution >= 4 is 0 Å². The van der Waals surface area contributed by atoms with Gasteiger partial charge in [-0.3, -0.25) is 0 Å². The molecule has 166 valence electrons. The number of rotatable bonds is 2. The van der Waals surface area contributed by atoms with E-state index >= 15 is 0 Å². The fourth-order valence-corrected chi connectivity index (χ4v) is 4.17. The van der Waals surface area contributed by atoms with Gasteiger partial charge in [-0.2, -0.15) is 20.3 Å². The zero-order chi connectivity index (χ0) is 23.0. The van der Waals surface area contributed by atoms with Crippen molar-refractivity contribution in [3.63, 3.8) is 0 Å². The van der Waals surface area contributed by atoms with Gasteiger partial charge in [0.05, 0.1) is 22.2 Å². The molecule has 0 saturated carbocycles. The van der Waals surface area contributed by atoms with Crippen molar-refractivity contribution in [2.45, 2.75) is 89.9 Å². The highest BCUT2D eigenvalue weighted by molar-refractivity contribution is 5.42. The lowest BCUT2D eigenvalue weighted by atomic mass is 9.84. The van der Waals surface area contributed by atoms with Crippen LogP contribution in [0, 0.1) is 12.3 Å². The molecule has 30 heavy (non-hydrogen) atoms. The third-order valence-corrected chi connectivity index (χ3v) is 7.95. The predicted octanol–water partition coefficient (Wildman–Crippen LogP) is 3.57. The summed E-state index contributed by atoms with van der Waals surface area (Å²) >= 11 is 0. The van der Waals surface area contributed by atoms with E-state index in [2.05, 4.69) is 5.92 Å². The molecule has 4 N–H and O–H groups in total. The smallest absolute Gasteiger partial charge is 0.136 e. The number of hydrogen-bond donors (Lipinski definition) is 4. The molecule has 2 aliphatic heterocycles. The Morgan fingerprint density at radius 3 is 1.13 bits per heavy atom. The van der Waals surface area contributed by atoms with Crippen LogP contribution in [0.5, 0.6) is 0 Å². The summed E-state index contributed by atoms with van der Waals surface area (Å²) in [5.41, 5.74) is -1.44. The predicted molar refractivity (Wildman–Crippen MR) is 111 cm³/mol. The van der Waals surface area contributed by atoms with E-state index < -0.39 is 34.5 Å². The highest BCUT2D eigenvalue weighted by Crippen LogP contribution is 2.50. The van der Waals surface area contributed by atoms with E-state index in [1.807, 2.05) is 55.4 Å². The van der Waals surface area contributed by atoms with Crippen LogP contribution in [0.1, 0.15) is 84.4 Å². The largest absolute Gasteiger partial charge is 0.311 e. The second-order valence-electron chi connectivity index (χ2n) is 10.4. The van der Waals surface area contributed by atoms with Gasteiger partial charge in [0, 0.05) is 5.56 Å². The summed E-state index contributed by atoms with van der Waals surface area (Å²) in [6.07, 6.45) is 3.94. The van der Waals surface area contributed by atoms with E-state index in [9.17, 15) is 20.8 Å². The van der Waals surface area contributed by atoms with Crippen LogP contribution in [0.3, 0.4) is 0 Å². The van der Waals surface area contributed by atoms with Gasteiger partial charge in [-0.25, -0.2) is 0 Å². The maximum Gasteiger partial charge on any atom is 0.136 e. The summed E-state index contributed by atoms with van der Waals surface area (Å²) < 4.78 is 0. The lowest BCUT2D eigenvalue weighted by Gasteiger charge is -2.37. The van der Waals surface area contributed by atoms with Crippen molar-refractivity contribution in [1.82, 2.24) is 20.3 Å². The van der Waals surface area contributed by atoms with E-state index in [1.54, 1.807) is 18.2 Å². The molecule has 0 bridgehead atoms. The molecule has 0 amide bonds. The SMILES string of the molecule is C#Cc1cc(C2N(O)C(C)(C)C(C)(C)N2O)cc(C2N(O)C(C)(C)C(C)(C)N2O)c1. The van der Waals surface area contributed by atoms with Crippen molar-refractivity contribution < 1.29 is 20.8 Å². The monoisotopic (exact) mass is 418 g/mol. The number of terminal acetylenes is 1. The number of hydroxylamine groups is 8. The molecule has 0 atom stereocenters. The molecule has 0 unspecified atom stereocenters. The van der Waals surface area contributed by atoms with Gasteiger partial charge in [-0.1, -0.05) is 5.92 Å². The first kappa shape index (κ1) is 23.1. The normalized spacial score (nSPS) is 27.6. The van der Waals surface area contributed by atoms with Crippen molar-refractivity contribution in [3.05, 3.63) is 34.9 Å². The average molecular weight is 419 g/mol. The van der Waals surface area contributed by atoms with Gasteiger partial charge in [0.1, 0.15) is 12.3 Å². The Balaban J connectivity index is 2.14. The Morgan fingerprint density at radius 2 is 0.900 bits per heavy atom. The summed E-state index contributed by atoms with van der Waals surface area (Å²) in [4.78, 5) is 0. The van der Waals surface area contributed by atoms with Crippen LogP contribution in [0.25, 0.3) is 0 Å². The van der Waals surface area contributed by atoms with Crippen LogP contribution in [-0.4, -0.2) is 63.2 Å². The summed E-state index contributed by atoms with van der Waals surface area (Å²) in [5, 5.41) is 48.2. The summed E-state index contributed by atoms with van der Waals surface area (Å²) in [5.74, 6) is 2.60. The third kappa shape index (κ3) is 2.79. The van der Waals surface area contributed by atoms with E-state index in [-0.39, 0.29) is 0 Å². The van der Waals surface area contributed by atoms with Gasteiger partial charge in [0.2, 0.25) is 0 Å².